The fourth-order valence-electron chi connectivity index (χ4n) is 1.67. The van der Waals surface area contributed by atoms with E-state index in [1.807, 2.05) is 0 Å². The van der Waals surface area contributed by atoms with E-state index in [1.165, 1.54) is 0 Å². The van der Waals surface area contributed by atoms with E-state index in [-0.39, 0.29) is 5.78 Å². The first-order valence-corrected chi connectivity index (χ1v) is 4.68. The lowest BCUT2D eigenvalue weighted by Gasteiger charge is -2.06. The van der Waals surface area contributed by atoms with Crippen molar-refractivity contribution in [3.63, 3.8) is 0 Å². The van der Waals surface area contributed by atoms with Crippen LogP contribution in [0, 0.1) is 0 Å². The highest BCUT2D eigenvalue weighted by molar-refractivity contribution is 5.98. The maximum Gasteiger partial charge on any atom is 0.166 e. The van der Waals surface area contributed by atoms with Gasteiger partial charge in [0.05, 0.1) is 5.56 Å². The Kier molecular flexibility index (Phi) is 2.39. The molecule has 1 N–H and O–H groups in total. The highest BCUT2D eigenvalue weighted by Crippen LogP contribution is 2.28. The number of fused-ring (bicyclic) bond motifs is 1. The van der Waals surface area contributed by atoms with Crippen LogP contribution in [0.3, 0.4) is 0 Å². The molecule has 14 heavy (non-hydrogen) atoms. The van der Waals surface area contributed by atoms with Gasteiger partial charge >= 0.3 is 0 Å². The zero-order valence-electron chi connectivity index (χ0n) is 7.95. The number of hydrogen-bond donors (Lipinski definition) is 1. The van der Waals surface area contributed by atoms with Gasteiger partial charge in [-0.25, -0.2) is 4.89 Å². The van der Waals surface area contributed by atoms with E-state index in [2.05, 4.69) is 4.89 Å². The monoisotopic (exact) mass is 196 g/mol. The van der Waals surface area contributed by atoms with Gasteiger partial charge in [0.15, 0.2) is 5.78 Å². The van der Waals surface area contributed by atoms with Crippen molar-refractivity contribution in [3.05, 3.63) is 23.2 Å². The van der Waals surface area contributed by atoms with E-state index in [9.17, 15) is 4.79 Å². The lowest BCUT2D eigenvalue weighted by atomic mass is 9.97. The molecule has 1 aliphatic carbocycles. The van der Waals surface area contributed by atoms with Gasteiger partial charge in [-0.05, 0) is 19.4 Å². The number of rotatable bonds is 2. The van der Waals surface area contributed by atoms with Crippen molar-refractivity contribution in [1.29, 1.82) is 0 Å². The molecule has 0 radical (unpaired) electrons. The summed E-state index contributed by atoms with van der Waals surface area (Å²) in [4.78, 5) is 15.6. The fourth-order valence-corrected chi connectivity index (χ4v) is 1.67. The fraction of sp³-hybridized carbons (Fsp3) is 0.500. The molecule has 0 amide bonds. The number of Topliss-reactive ketones (excluding diaryl/α,β-unsaturated/α-hetero) is 1. The summed E-state index contributed by atoms with van der Waals surface area (Å²) in [5.41, 5.74) is 0.648. The van der Waals surface area contributed by atoms with Crippen molar-refractivity contribution in [1.82, 2.24) is 0 Å². The Bertz CT molecular complexity index is 353. The second kappa shape index (κ2) is 3.55. The lowest BCUT2D eigenvalue weighted by molar-refractivity contribution is -0.280. The zero-order valence-corrected chi connectivity index (χ0v) is 7.95. The van der Waals surface area contributed by atoms with E-state index in [4.69, 9.17) is 9.67 Å². The van der Waals surface area contributed by atoms with Gasteiger partial charge in [0, 0.05) is 12.8 Å². The average Bonchev–Trinajstić information content (AvgIpc) is 2.62. The molecule has 1 heterocycles. The first kappa shape index (κ1) is 9.43. The first-order valence-electron chi connectivity index (χ1n) is 4.68. The largest absolute Gasteiger partial charge is 0.462 e. The van der Waals surface area contributed by atoms with Gasteiger partial charge in [-0.15, -0.1) is 0 Å². The van der Waals surface area contributed by atoms with Crippen LogP contribution < -0.4 is 0 Å². The molecule has 0 saturated heterocycles. The molecular formula is C10H12O4. The van der Waals surface area contributed by atoms with Gasteiger partial charge in [0.2, 0.25) is 0 Å². The Balaban J connectivity index is 2.35. The number of carbonyl (C=O) groups is 1. The third kappa shape index (κ3) is 1.47. The molecule has 0 spiro atoms. The van der Waals surface area contributed by atoms with E-state index >= 15 is 0 Å². The predicted molar refractivity (Wildman–Crippen MR) is 48.1 cm³/mol. The summed E-state index contributed by atoms with van der Waals surface area (Å²) in [5.74, 6) is 1.35. The molecule has 0 bridgehead atoms. The van der Waals surface area contributed by atoms with E-state index in [1.54, 1.807) is 13.0 Å². The summed E-state index contributed by atoms with van der Waals surface area (Å²) >= 11 is 0. The highest BCUT2D eigenvalue weighted by atomic mass is 17.1. The molecular weight excluding hydrogens is 184 g/mol. The molecule has 76 valence electrons. The number of aryl methyl sites for hydroxylation is 1. The second-order valence-corrected chi connectivity index (χ2v) is 3.51. The summed E-state index contributed by atoms with van der Waals surface area (Å²) in [5, 5.41) is 8.47. The standard InChI is InChI=1S/C10H12O4/c1-6(14-12)10-5-7-8(11)3-2-4-9(7)13-10/h5-6,12H,2-4H2,1H3. The Morgan fingerprint density at radius 3 is 3.00 bits per heavy atom. The smallest absolute Gasteiger partial charge is 0.166 e. The molecule has 1 unspecified atom stereocenters. The normalized spacial score (nSPS) is 18.0. The van der Waals surface area contributed by atoms with Crippen molar-refractivity contribution >= 4 is 5.78 Å². The molecule has 4 heteroatoms. The van der Waals surface area contributed by atoms with Crippen LogP contribution in [0.1, 0.15) is 47.7 Å². The van der Waals surface area contributed by atoms with Crippen molar-refractivity contribution in [3.8, 4) is 0 Å². The van der Waals surface area contributed by atoms with Crippen LogP contribution in [-0.4, -0.2) is 11.0 Å². The molecule has 4 nitrogen and oxygen atoms in total. The molecule has 2 rings (SSSR count). The average molecular weight is 196 g/mol. The third-order valence-corrected chi connectivity index (χ3v) is 2.49. The van der Waals surface area contributed by atoms with Crippen molar-refractivity contribution < 1.29 is 19.4 Å². The van der Waals surface area contributed by atoms with Gasteiger partial charge in [-0.3, -0.25) is 10.1 Å². The predicted octanol–water partition coefficient (Wildman–Crippen LogP) is 2.35. The lowest BCUT2D eigenvalue weighted by Crippen LogP contribution is -2.07. The number of ketones is 1. The van der Waals surface area contributed by atoms with Crippen LogP contribution in [0.5, 0.6) is 0 Å². The van der Waals surface area contributed by atoms with Crippen molar-refractivity contribution in [2.75, 3.05) is 0 Å². The second-order valence-electron chi connectivity index (χ2n) is 3.51. The number of carbonyl (C=O) groups excluding carboxylic acids is 1. The van der Waals surface area contributed by atoms with Gasteiger partial charge < -0.3 is 4.42 Å². The summed E-state index contributed by atoms with van der Waals surface area (Å²) < 4.78 is 5.42. The van der Waals surface area contributed by atoms with Crippen LogP contribution in [-0.2, 0) is 11.3 Å². The summed E-state index contributed by atoms with van der Waals surface area (Å²) in [6.45, 7) is 1.66. The number of hydrogen-bond acceptors (Lipinski definition) is 4. The summed E-state index contributed by atoms with van der Waals surface area (Å²) in [6.07, 6.45) is 1.69. The molecule has 0 aliphatic heterocycles. The summed E-state index contributed by atoms with van der Waals surface area (Å²) in [7, 11) is 0. The van der Waals surface area contributed by atoms with Gasteiger partial charge in [-0.1, -0.05) is 0 Å². The van der Waals surface area contributed by atoms with Crippen molar-refractivity contribution in [2.24, 2.45) is 0 Å². The Morgan fingerprint density at radius 2 is 2.36 bits per heavy atom. The molecule has 0 fully saturated rings. The SMILES string of the molecule is CC(OO)c1cc2c(o1)CCCC2=O. The Labute approximate surface area is 81.4 Å². The Morgan fingerprint density at radius 1 is 1.57 bits per heavy atom. The molecule has 1 aromatic rings. The Hall–Kier alpha value is -1.13. The minimum atomic E-state index is -0.520. The maximum atomic E-state index is 11.4. The topological polar surface area (TPSA) is 59.7 Å². The van der Waals surface area contributed by atoms with Crippen LogP contribution >= 0.6 is 0 Å². The van der Waals surface area contributed by atoms with Crippen LogP contribution in [0.2, 0.25) is 0 Å². The molecule has 1 aliphatic rings. The van der Waals surface area contributed by atoms with E-state index in [0.717, 1.165) is 18.6 Å². The highest BCUT2D eigenvalue weighted by Gasteiger charge is 2.24. The molecule has 1 aromatic heterocycles. The zero-order chi connectivity index (χ0) is 10.1. The minimum absolute atomic E-state index is 0.117. The third-order valence-electron chi connectivity index (χ3n) is 2.49. The van der Waals surface area contributed by atoms with Gasteiger partial charge in [0.25, 0.3) is 0 Å². The maximum absolute atomic E-state index is 11.4. The van der Waals surface area contributed by atoms with Crippen molar-refractivity contribution in [2.45, 2.75) is 32.3 Å². The van der Waals surface area contributed by atoms with E-state index in [0.29, 0.717) is 17.7 Å². The van der Waals surface area contributed by atoms with Crippen LogP contribution in [0.15, 0.2) is 10.5 Å². The minimum Gasteiger partial charge on any atom is -0.462 e. The van der Waals surface area contributed by atoms with Gasteiger partial charge in [0.1, 0.15) is 17.6 Å². The molecule has 0 saturated carbocycles. The first-order chi connectivity index (χ1) is 6.72. The molecule has 0 aromatic carbocycles. The molecule has 1 atom stereocenters. The van der Waals surface area contributed by atoms with Crippen LogP contribution in [0.4, 0.5) is 0 Å². The van der Waals surface area contributed by atoms with Crippen LogP contribution in [0.25, 0.3) is 0 Å². The van der Waals surface area contributed by atoms with E-state index < -0.39 is 6.10 Å². The quantitative estimate of drug-likeness (QED) is 0.582. The van der Waals surface area contributed by atoms with Gasteiger partial charge in [-0.2, -0.15) is 0 Å². The number of furan rings is 1. The summed E-state index contributed by atoms with van der Waals surface area (Å²) in [6, 6.07) is 1.66.